The van der Waals surface area contributed by atoms with Crippen molar-refractivity contribution in [3.05, 3.63) is 94.9 Å². The minimum Gasteiger partial charge on any atom is -0.329 e. The van der Waals surface area contributed by atoms with Crippen LogP contribution in [-0.2, 0) is 13.1 Å². The van der Waals surface area contributed by atoms with Crippen LogP contribution in [0, 0.1) is 25.5 Å². The van der Waals surface area contributed by atoms with Crippen LogP contribution in [0.1, 0.15) is 22.5 Å². The molecule has 0 aliphatic heterocycles. The lowest BCUT2D eigenvalue weighted by Crippen LogP contribution is -2.20. The zero-order valence-corrected chi connectivity index (χ0v) is 18.5. The summed E-state index contributed by atoms with van der Waals surface area (Å²) in [5.74, 6) is 0.0170. The number of anilines is 2. The van der Waals surface area contributed by atoms with E-state index in [-0.39, 0.29) is 11.6 Å². The molecule has 0 amide bonds. The van der Waals surface area contributed by atoms with E-state index in [1.54, 1.807) is 47.3 Å². The molecule has 0 saturated carbocycles. The van der Waals surface area contributed by atoms with Gasteiger partial charge in [-0.25, -0.2) is 8.78 Å². The fourth-order valence-electron chi connectivity index (χ4n) is 3.37. The van der Waals surface area contributed by atoms with Gasteiger partial charge in [-0.2, -0.15) is 10.2 Å². The monoisotopic (exact) mass is 452 g/mol. The Kier molecular flexibility index (Phi) is 6.27. The van der Waals surface area contributed by atoms with Crippen molar-refractivity contribution < 1.29 is 8.78 Å². The molecule has 4 aromatic rings. The maximum absolute atomic E-state index is 13.9. The largest absolute Gasteiger partial charge is 0.329 e. The van der Waals surface area contributed by atoms with Gasteiger partial charge in [0.2, 0.25) is 0 Å². The van der Waals surface area contributed by atoms with E-state index in [1.807, 2.05) is 18.5 Å². The number of aryl methyl sites for hydroxylation is 1. The average molecular weight is 453 g/mol. The number of hydrogen-bond acceptors (Lipinski definition) is 3. The molecule has 4 rings (SSSR count). The molecule has 0 aliphatic carbocycles. The Labute approximate surface area is 189 Å². The lowest BCUT2D eigenvalue weighted by atomic mass is 10.2. The first-order valence-corrected chi connectivity index (χ1v) is 10.4. The highest BCUT2D eigenvalue weighted by molar-refractivity contribution is 7.80. The normalized spacial score (nSPS) is 10.9. The van der Waals surface area contributed by atoms with Gasteiger partial charge in [0.15, 0.2) is 10.9 Å². The molecule has 2 heterocycles. The number of thiocarbonyl (C=S) groups is 1. The Balaban J connectivity index is 1.40. The van der Waals surface area contributed by atoms with Gasteiger partial charge in [0.1, 0.15) is 11.6 Å². The van der Waals surface area contributed by atoms with E-state index in [9.17, 15) is 8.78 Å². The molecule has 32 heavy (non-hydrogen) atoms. The number of halogens is 2. The van der Waals surface area contributed by atoms with Crippen molar-refractivity contribution in [3.63, 3.8) is 0 Å². The zero-order valence-electron chi connectivity index (χ0n) is 17.6. The fourth-order valence-corrected chi connectivity index (χ4v) is 3.58. The van der Waals surface area contributed by atoms with Gasteiger partial charge in [0, 0.05) is 17.8 Å². The van der Waals surface area contributed by atoms with E-state index in [1.165, 1.54) is 18.2 Å². The predicted molar refractivity (Wildman–Crippen MR) is 125 cm³/mol. The Hall–Kier alpha value is -3.59. The standard InChI is InChI=1S/C23H22F2N6S/c1-15-22(16(2)31(28-15)13-17-7-9-19(24)10-8-17)27-23(32)26-21-11-12-30(29-21)14-18-5-3-4-6-20(18)25/h3-12H,13-14H2,1-2H3,(H2,26,27,29,32). The van der Waals surface area contributed by atoms with Gasteiger partial charge >= 0.3 is 0 Å². The van der Waals surface area contributed by atoms with Gasteiger partial charge in [0.05, 0.1) is 30.2 Å². The SMILES string of the molecule is Cc1nn(Cc2ccc(F)cc2)c(C)c1NC(=S)Nc1ccn(Cc2ccccc2F)n1. The minimum absolute atomic E-state index is 0.265. The summed E-state index contributed by atoms with van der Waals surface area (Å²) in [6.07, 6.45) is 1.76. The van der Waals surface area contributed by atoms with Crippen LogP contribution in [0.5, 0.6) is 0 Å². The van der Waals surface area contributed by atoms with Gasteiger partial charge in [0.25, 0.3) is 0 Å². The van der Waals surface area contributed by atoms with Crippen LogP contribution in [0.15, 0.2) is 60.8 Å². The summed E-state index contributed by atoms with van der Waals surface area (Å²) in [6.45, 7) is 4.68. The first-order valence-electron chi connectivity index (χ1n) is 10.0. The number of nitrogens with one attached hydrogen (secondary N) is 2. The quantitative estimate of drug-likeness (QED) is 0.409. The molecular formula is C23H22F2N6S. The summed E-state index contributed by atoms with van der Waals surface area (Å²) in [5, 5.41) is 15.6. The van der Waals surface area contributed by atoms with Crippen molar-refractivity contribution in [3.8, 4) is 0 Å². The molecule has 0 aliphatic rings. The number of rotatable bonds is 6. The summed E-state index contributed by atoms with van der Waals surface area (Å²) in [6, 6.07) is 14.7. The highest BCUT2D eigenvalue weighted by atomic mass is 32.1. The molecule has 0 radical (unpaired) electrons. The maximum Gasteiger partial charge on any atom is 0.176 e. The van der Waals surface area contributed by atoms with E-state index in [4.69, 9.17) is 12.2 Å². The molecule has 9 heteroatoms. The average Bonchev–Trinajstić information content (AvgIpc) is 3.30. The lowest BCUT2D eigenvalue weighted by Gasteiger charge is -2.10. The molecule has 2 aromatic carbocycles. The number of benzene rings is 2. The molecule has 0 atom stereocenters. The van der Waals surface area contributed by atoms with Crippen LogP contribution >= 0.6 is 12.2 Å². The summed E-state index contributed by atoms with van der Waals surface area (Å²) in [5.41, 5.74) is 4.00. The third-order valence-corrected chi connectivity index (χ3v) is 5.24. The second kappa shape index (κ2) is 9.27. The number of nitrogens with zero attached hydrogens (tertiary/aromatic N) is 4. The number of aromatic nitrogens is 4. The highest BCUT2D eigenvalue weighted by Gasteiger charge is 2.14. The van der Waals surface area contributed by atoms with Gasteiger partial charge in [-0.3, -0.25) is 9.36 Å². The molecule has 6 nitrogen and oxygen atoms in total. The van der Waals surface area contributed by atoms with Crippen LogP contribution in [0.25, 0.3) is 0 Å². The predicted octanol–water partition coefficient (Wildman–Crippen LogP) is 4.88. The van der Waals surface area contributed by atoms with Crippen LogP contribution in [0.3, 0.4) is 0 Å². The fraction of sp³-hybridized carbons (Fsp3) is 0.174. The van der Waals surface area contributed by atoms with E-state index in [2.05, 4.69) is 20.8 Å². The molecular weight excluding hydrogens is 430 g/mol. The van der Waals surface area contributed by atoms with E-state index in [0.717, 1.165) is 22.6 Å². The van der Waals surface area contributed by atoms with E-state index in [0.29, 0.717) is 29.6 Å². The Morgan fingerprint density at radius 2 is 1.69 bits per heavy atom. The lowest BCUT2D eigenvalue weighted by molar-refractivity contribution is 0.586. The second-order valence-electron chi connectivity index (χ2n) is 7.40. The molecule has 2 aromatic heterocycles. The smallest absolute Gasteiger partial charge is 0.176 e. The number of hydrogen-bond donors (Lipinski definition) is 2. The summed E-state index contributed by atoms with van der Waals surface area (Å²) in [4.78, 5) is 0. The van der Waals surface area contributed by atoms with Crippen LogP contribution < -0.4 is 10.6 Å². The molecule has 0 saturated heterocycles. The van der Waals surface area contributed by atoms with Crippen molar-refractivity contribution in [1.82, 2.24) is 19.6 Å². The van der Waals surface area contributed by atoms with Crippen LogP contribution in [0.2, 0.25) is 0 Å². The van der Waals surface area contributed by atoms with Crippen molar-refractivity contribution in [2.45, 2.75) is 26.9 Å². The van der Waals surface area contributed by atoms with Crippen molar-refractivity contribution >= 4 is 28.8 Å². The molecule has 164 valence electrons. The van der Waals surface area contributed by atoms with Crippen molar-refractivity contribution in [2.24, 2.45) is 0 Å². The third kappa shape index (κ3) is 5.00. The van der Waals surface area contributed by atoms with Crippen molar-refractivity contribution in [2.75, 3.05) is 10.6 Å². The van der Waals surface area contributed by atoms with Gasteiger partial charge < -0.3 is 10.6 Å². The molecule has 0 spiro atoms. The summed E-state index contributed by atoms with van der Waals surface area (Å²) in [7, 11) is 0. The molecule has 0 fully saturated rings. The van der Waals surface area contributed by atoms with Crippen LogP contribution in [0.4, 0.5) is 20.3 Å². The summed E-state index contributed by atoms with van der Waals surface area (Å²) < 4.78 is 30.5. The van der Waals surface area contributed by atoms with Gasteiger partial charge in [-0.05, 0) is 49.8 Å². The Bertz CT molecular complexity index is 1250. The van der Waals surface area contributed by atoms with E-state index < -0.39 is 0 Å². The van der Waals surface area contributed by atoms with E-state index >= 15 is 0 Å². The Morgan fingerprint density at radius 3 is 2.44 bits per heavy atom. The van der Waals surface area contributed by atoms with Crippen molar-refractivity contribution in [1.29, 1.82) is 0 Å². The first-order chi connectivity index (χ1) is 15.4. The van der Waals surface area contributed by atoms with Gasteiger partial charge in [-0.15, -0.1) is 0 Å². The summed E-state index contributed by atoms with van der Waals surface area (Å²) >= 11 is 5.44. The minimum atomic E-state index is -0.266. The zero-order chi connectivity index (χ0) is 22.7. The third-order valence-electron chi connectivity index (χ3n) is 5.04. The molecule has 0 bridgehead atoms. The maximum atomic E-state index is 13.9. The van der Waals surface area contributed by atoms with Crippen LogP contribution in [-0.4, -0.2) is 24.7 Å². The second-order valence-corrected chi connectivity index (χ2v) is 7.81. The highest BCUT2D eigenvalue weighted by Crippen LogP contribution is 2.21. The first kappa shape index (κ1) is 21.6. The molecule has 2 N–H and O–H groups in total. The van der Waals surface area contributed by atoms with Gasteiger partial charge in [-0.1, -0.05) is 30.3 Å². The molecule has 0 unspecified atom stereocenters. The Morgan fingerprint density at radius 1 is 0.938 bits per heavy atom. The topological polar surface area (TPSA) is 59.7 Å².